The van der Waals surface area contributed by atoms with Crippen LogP contribution in [0.3, 0.4) is 0 Å². The van der Waals surface area contributed by atoms with Crippen molar-refractivity contribution in [2.75, 3.05) is 0 Å². The second-order valence-corrected chi connectivity index (χ2v) is 3.81. The Morgan fingerprint density at radius 3 is 2.15 bits per heavy atom. The third-order valence-corrected chi connectivity index (χ3v) is 2.35. The van der Waals surface area contributed by atoms with Crippen LogP contribution >= 0.6 is 0 Å². The third-order valence-electron chi connectivity index (χ3n) is 2.35. The van der Waals surface area contributed by atoms with Crippen LogP contribution in [0, 0.1) is 5.41 Å². The Kier molecular flexibility index (Phi) is 4.71. The Morgan fingerprint density at radius 1 is 1.38 bits per heavy atom. The van der Waals surface area contributed by atoms with Crippen LogP contribution in [0.15, 0.2) is 37.0 Å². The molecule has 0 amide bonds. The molecule has 13 heavy (non-hydrogen) atoms. The summed E-state index contributed by atoms with van der Waals surface area (Å²) in [5.74, 6) is 0. The van der Waals surface area contributed by atoms with Crippen molar-refractivity contribution in [1.82, 2.24) is 0 Å². The van der Waals surface area contributed by atoms with Gasteiger partial charge in [-0.25, -0.2) is 0 Å². The van der Waals surface area contributed by atoms with Crippen LogP contribution in [0.4, 0.5) is 0 Å². The zero-order chi connectivity index (χ0) is 10.5. The van der Waals surface area contributed by atoms with Crippen molar-refractivity contribution < 1.29 is 5.11 Å². The molecule has 0 fully saturated rings. The summed E-state index contributed by atoms with van der Waals surface area (Å²) in [5, 5.41) is 9.83. The first kappa shape index (κ1) is 12.2. The molecule has 0 saturated heterocycles. The van der Waals surface area contributed by atoms with Gasteiger partial charge in [0.2, 0.25) is 0 Å². The number of rotatable bonds is 5. The molecule has 1 nitrogen and oxygen atoms in total. The lowest BCUT2D eigenvalue weighted by Crippen LogP contribution is -2.27. The van der Waals surface area contributed by atoms with E-state index in [-0.39, 0.29) is 5.41 Å². The van der Waals surface area contributed by atoms with E-state index in [2.05, 4.69) is 13.2 Å². The molecule has 0 rings (SSSR count). The highest BCUT2D eigenvalue weighted by Crippen LogP contribution is 2.26. The average molecular weight is 180 g/mol. The molecule has 0 aliphatic carbocycles. The predicted molar refractivity (Wildman–Crippen MR) is 58.6 cm³/mol. The van der Waals surface area contributed by atoms with Gasteiger partial charge in [0.25, 0.3) is 0 Å². The summed E-state index contributed by atoms with van der Waals surface area (Å²) in [6.07, 6.45) is 5.72. The highest BCUT2D eigenvalue weighted by atomic mass is 16.3. The van der Waals surface area contributed by atoms with Crippen molar-refractivity contribution in [3.63, 3.8) is 0 Å². The van der Waals surface area contributed by atoms with Gasteiger partial charge in [-0.1, -0.05) is 30.7 Å². The van der Waals surface area contributed by atoms with E-state index < -0.39 is 6.10 Å². The molecule has 74 valence electrons. The lowest BCUT2D eigenvalue weighted by Gasteiger charge is -2.27. The molecule has 0 aromatic carbocycles. The lowest BCUT2D eigenvalue weighted by molar-refractivity contribution is 0.102. The Bertz CT molecular complexity index is 201. The smallest absolute Gasteiger partial charge is 0.0697 e. The maximum Gasteiger partial charge on any atom is 0.0697 e. The summed E-state index contributed by atoms with van der Waals surface area (Å²) in [4.78, 5) is 0. The maximum atomic E-state index is 9.83. The first-order valence-corrected chi connectivity index (χ1v) is 4.55. The van der Waals surface area contributed by atoms with E-state index in [1.165, 1.54) is 5.57 Å². The molecule has 0 spiro atoms. The van der Waals surface area contributed by atoms with E-state index in [9.17, 15) is 5.11 Å². The van der Waals surface area contributed by atoms with Gasteiger partial charge in [-0.3, -0.25) is 0 Å². The second kappa shape index (κ2) is 5.03. The van der Waals surface area contributed by atoms with E-state index in [1.54, 1.807) is 12.2 Å². The minimum absolute atomic E-state index is 0.383. The van der Waals surface area contributed by atoms with Crippen molar-refractivity contribution in [2.24, 2.45) is 5.41 Å². The fourth-order valence-electron chi connectivity index (χ4n) is 0.957. The van der Waals surface area contributed by atoms with Crippen molar-refractivity contribution in [3.8, 4) is 0 Å². The van der Waals surface area contributed by atoms with Crippen LogP contribution in [-0.4, -0.2) is 11.2 Å². The summed E-state index contributed by atoms with van der Waals surface area (Å²) in [6, 6.07) is 0. The second-order valence-electron chi connectivity index (χ2n) is 3.81. The molecule has 0 saturated carbocycles. The van der Waals surface area contributed by atoms with Gasteiger partial charge >= 0.3 is 0 Å². The van der Waals surface area contributed by atoms with Crippen LogP contribution in [0.2, 0.25) is 0 Å². The summed E-state index contributed by atoms with van der Waals surface area (Å²) in [6.45, 7) is 13.4. The quantitative estimate of drug-likeness (QED) is 0.645. The third kappa shape index (κ3) is 3.60. The van der Waals surface area contributed by atoms with Crippen molar-refractivity contribution in [1.29, 1.82) is 0 Å². The normalized spacial score (nSPS) is 13.2. The van der Waals surface area contributed by atoms with Gasteiger partial charge in [-0.2, -0.15) is 0 Å². The molecule has 0 radical (unpaired) electrons. The molecule has 0 unspecified atom stereocenters. The van der Waals surface area contributed by atoms with Crippen molar-refractivity contribution in [2.45, 2.75) is 33.3 Å². The molecule has 0 aromatic rings. The monoisotopic (exact) mass is 180 g/mol. The minimum atomic E-state index is -0.433. The van der Waals surface area contributed by atoms with Gasteiger partial charge in [0.1, 0.15) is 0 Å². The fourth-order valence-corrected chi connectivity index (χ4v) is 0.957. The van der Waals surface area contributed by atoms with Crippen molar-refractivity contribution in [3.05, 3.63) is 37.0 Å². The molecule has 0 bridgehead atoms. The highest BCUT2D eigenvalue weighted by molar-refractivity contribution is 5.10. The molecule has 0 aliphatic heterocycles. The largest absolute Gasteiger partial charge is 0.392 e. The van der Waals surface area contributed by atoms with Gasteiger partial charge in [-0.15, -0.1) is 13.2 Å². The highest BCUT2D eigenvalue weighted by Gasteiger charge is 2.24. The molecule has 1 heteroatoms. The summed E-state index contributed by atoms with van der Waals surface area (Å²) >= 11 is 0. The maximum absolute atomic E-state index is 9.83. The van der Waals surface area contributed by atoms with Gasteiger partial charge in [0.05, 0.1) is 6.10 Å². The van der Waals surface area contributed by atoms with Crippen LogP contribution in [0.25, 0.3) is 0 Å². The van der Waals surface area contributed by atoms with E-state index >= 15 is 0 Å². The summed E-state index contributed by atoms with van der Waals surface area (Å²) in [7, 11) is 0. The molecule has 0 aromatic heterocycles. The Balaban J connectivity index is 4.39. The average Bonchev–Trinajstić information content (AvgIpc) is 2.12. The number of aliphatic hydroxyl groups is 1. The zero-order valence-electron chi connectivity index (χ0n) is 8.88. The Labute approximate surface area is 81.5 Å². The SMILES string of the molecule is C=CC(C)(C=C)[C@@H](O)CC=C(C)C. The number of hydrogen-bond donors (Lipinski definition) is 1. The number of hydrogen-bond acceptors (Lipinski definition) is 1. The number of aliphatic hydroxyl groups excluding tert-OH is 1. The molecular weight excluding hydrogens is 160 g/mol. The van der Waals surface area contributed by atoms with Crippen molar-refractivity contribution >= 4 is 0 Å². The van der Waals surface area contributed by atoms with Crippen LogP contribution < -0.4 is 0 Å². The Morgan fingerprint density at radius 2 is 1.85 bits per heavy atom. The van der Waals surface area contributed by atoms with Gasteiger partial charge < -0.3 is 5.11 Å². The number of allylic oxidation sites excluding steroid dienone is 1. The minimum Gasteiger partial charge on any atom is -0.392 e. The van der Waals surface area contributed by atoms with Crippen LogP contribution in [-0.2, 0) is 0 Å². The van der Waals surface area contributed by atoms with Gasteiger partial charge in [-0.05, 0) is 20.3 Å². The topological polar surface area (TPSA) is 20.2 Å². The van der Waals surface area contributed by atoms with Gasteiger partial charge in [0.15, 0.2) is 0 Å². The van der Waals surface area contributed by atoms with E-state index in [0.717, 1.165) is 0 Å². The lowest BCUT2D eigenvalue weighted by atomic mass is 9.83. The predicted octanol–water partition coefficient (Wildman–Crippen LogP) is 3.08. The van der Waals surface area contributed by atoms with E-state index in [4.69, 9.17) is 0 Å². The molecule has 1 atom stereocenters. The molecule has 0 aliphatic rings. The first-order chi connectivity index (χ1) is 5.96. The van der Waals surface area contributed by atoms with Gasteiger partial charge in [0, 0.05) is 5.41 Å². The van der Waals surface area contributed by atoms with E-state index in [0.29, 0.717) is 6.42 Å². The van der Waals surface area contributed by atoms with Crippen LogP contribution in [0.5, 0.6) is 0 Å². The van der Waals surface area contributed by atoms with Crippen LogP contribution in [0.1, 0.15) is 27.2 Å². The van der Waals surface area contributed by atoms with E-state index in [1.807, 2.05) is 26.8 Å². The summed E-state index contributed by atoms with van der Waals surface area (Å²) in [5.41, 5.74) is 0.834. The molecule has 0 heterocycles. The molecule has 1 N–H and O–H groups in total. The standard InChI is InChI=1S/C12H20O/c1-6-12(5,7-2)11(13)9-8-10(3)4/h6-8,11,13H,1-2,9H2,3-5H3/t11-/m0/s1. The Hall–Kier alpha value is -0.820. The summed E-state index contributed by atoms with van der Waals surface area (Å²) < 4.78 is 0. The fraction of sp³-hybridized carbons (Fsp3) is 0.500. The first-order valence-electron chi connectivity index (χ1n) is 4.55. The zero-order valence-corrected chi connectivity index (χ0v) is 8.88. The molecular formula is C12H20O.